The molecule has 3 unspecified atom stereocenters. The molecule has 0 aromatic heterocycles. The molecule has 3 fully saturated rings. The summed E-state index contributed by atoms with van der Waals surface area (Å²) >= 11 is 0. The van der Waals surface area contributed by atoms with Crippen LogP contribution in [0.1, 0.15) is 39.0 Å². The zero-order chi connectivity index (χ0) is 11.2. The summed E-state index contributed by atoms with van der Waals surface area (Å²) in [5.41, 5.74) is 6.07. The molecule has 90 valence electrons. The van der Waals surface area contributed by atoms with E-state index >= 15 is 0 Å². The lowest BCUT2D eigenvalue weighted by Crippen LogP contribution is -2.37. The van der Waals surface area contributed by atoms with Gasteiger partial charge in [-0.1, -0.05) is 6.92 Å². The van der Waals surface area contributed by atoms with Crippen LogP contribution in [-0.2, 0) is 4.74 Å². The number of ether oxygens (including phenoxy) is 1. The van der Waals surface area contributed by atoms with Crippen LogP contribution < -0.4 is 11.1 Å². The molecule has 2 bridgehead atoms. The van der Waals surface area contributed by atoms with Gasteiger partial charge in [0.05, 0.1) is 18.8 Å². The fourth-order valence-corrected chi connectivity index (χ4v) is 2.93. The number of aliphatic imine (C=N–C) groups is 1. The number of rotatable bonds is 3. The van der Waals surface area contributed by atoms with Crippen molar-refractivity contribution in [1.82, 2.24) is 5.32 Å². The fraction of sp³-hybridized carbons (Fsp3) is 0.917. The Hall–Kier alpha value is -0.770. The summed E-state index contributed by atoms with van der Waals surface area (Å²) in [5, 5.41) is 3.23. The Morgan fingerprint density at radius 1 is 1.44 bits per heavy atom. The maximum absolute atomic E-state index is 5.88. The van der Waals surface area contributed by atoms with E-state index in [1.54, 1.807) is 0 Å². The molecule has 3 atom stereocenters. The molecule has 0 amide bonds. The van der Waals surface area contributed by atoms with Crippen molar-refractivity contribution in [3.8, 4) is 0 Å². The molecule has 2 heterocycles. The summed E-state index contributed by atoms with van der Waals surface area (Å²) in [5.74, 6) is 0.617. The monoisotopic (exact) mass is 223 g/mol. The van der Waals surface area contributed by atoms with Crippen LogP contribution >= 0.6 is 0 Å². The van der Waals surface area contributed by atoms with Crippen molar-refractivity contribution in [3.63, 3.8) is 0 Å². The predicted molar refractivity (Wildman–Crippen MR) is 63.3 cm³/mol. The molecular formula is C12H21N3O. The van der Waals surface area contributed by atoms with Gasteiger partial charge in [0.15, 0.2) is 5.96 Å². The topological polar surface area (TPSA) is 59.6 Å². The van der Waals surface area contributed by atoms with Gasteiger partial charge in [-0.25, -0.2) is 0 Å². The first-order valence-corrected chi connectivity index (χ1v) is 6.38. The molecule has 4 nitrogen and oxygen atoms in total. The molecule has 2 saturated heterocycles. The van der Waals surface area contributed by atoms with Gasteiger partial charge in [-0.15, -0.1) is 0 Å². The quantitative estimate of drug-likeness (QED) is 0.554. The summed E-state index contributed by atoms with van der Waals surface area (Å²) in [6.07, 6.45) is 6.96. The largest absolute Gasteiger partial charge is 0.374 e. The van der Waals surface area contributed by atoms with Gasteiger partial charge in [-0.2, -0.15) is 0 Å². The number of hydrogen-bond acceptors (Lipinski definition) is 2. The lowest BCUT2D eigenvalue weighted by atomic mass is 9.76. The molecule has 3 rings (SSSR count). The third-order valence-corrected chi connectivity index (χ3v) is 4.12. The number of guanidine groups is 1. The van der Waals surface area contributed by atoms with Crippen LogP contribution in [0.15, 0.2) is 4.99 Å². The van der Waals surface area contributed by atoms with Crippen LogP contribution in [0, 0.1) is 5.41 Å². The summed E-state index contributed by atoms with van der Waals surface area (Å²) in [7, 11) is 0. The smallest absolute Gasteiger partial charge is 0.188 e. The molecular weight excluding hydrogens is 202 g/mol. The SMILES string of the molecule is CC1(CN=C(N)NC2CC2)CC2CCC1O2. The Morgan fingerprint density at radius 3 is 2.81 bits per heavy atom. The lowest BCUT2D eigenvalue weighted by molar-refractivity contribution is 0.0706. The van der Waals surface area contributed by atoms with E-state index in [2.05, 4.69) is 17.2 Å². The minimum absolute atomic E-state index is 0.221. The van der Waals surface area contributed by atoms with E-state index in [-0.39, 0.29) is 5.41 Å². The van der Waals surface area contributed by atoms with Crippen molar-refractivity contribution in [2.75, 3.05) is 6.54 Å². The summed E-state index contributed by atoms with van der Waals surface area (Å²) in [6.45, 7) is 3.09. The van der Waals surface area contributed by atoms with Crippen molar-refractivity contribution in [2.24, 2.45) is 16.1 Å². The highest BCUT2D eigenvalue weighted by atomic mass is 16.5. The van der Waals surface area contributed by atoms with E-state index in [4.69, 9.17) is 10.5 Å². The van der Waals surface area contributed by atoms with Gasteiger partial charge in [0, 0.05) is 11.5 Å². The van der Waals surface area contributed by atoms with Crippen molar-refractivity contribution in [1.29, 1.82) is 0 Å². The highest BCUT2D eigenvalue weighted by Crippen LogP contribution is 2.47. The van der Waals surface area contributed by atoms with Crippen molar-refractivity contribution in [3.05, 3.63) is 0 Å². The van der Waals surface area contributed by atoms with Crippen molar-refractivity contribution >= 4 is 5.96 Å². The van der Waals surface area contributed by atoms with Crippen LogP contribution in [0.4, 0.5) is 0 Å². The van der Waals surface area contributed by atoms with Gasteiger partial charge in [0.2, 0.25) is 0 Å². The lowest BCUT2D eigenvalue weighted by Gasteiger charge is -2.29. The third kappa shape index (κ3) is 1.90. The van der Waals surface area contributed by atoms with Crippen LogP contribution in [0.2, 0.25) is 0 Å². The molecule has 4 heteroatoms. The average Bonchev–Trinajstić information content (AvgIpc) is 2.84. The summed E-state index contributed by atoms with van der Waals surface area (Å²) in [4.78, 5) is 4.48. The first-order valence-electron chi connectivity index (χ1n) is 6.38. The minimum Gasteiger partial charge on any atom is -0.374 e. The standard InChI is InChI=1S/C12H21N3O/c1-12(6-9-4-5-10(12)16-9)7-14-11(13)15-8-2-3-8/h8-10H,2-7H2,1H3,(H3,13,14,15). The molecule has 3 aliphatic rings. The number of nitrogens with two attached hydrogens (primary N) is 1. The Bertz CT molecular complexity index is 313. The average molecular weight is 223 g/mol. The maximum atomic E-state index is 5.88. The minimum atomic E-state index is 0.221. The highest BCUT2D eigenvalue weighted by Gasteiger charge is 2.49. The Balaban J connectivity index is 1.57. The number of nitrogens with one attached hydrogen (secondary N) is 1. The van der Waals surface area contributed by atoms with Gasteiger partial charge in [0.1, 0.15) is 0 Å². The van der Waals surface area contributed by atoms with E-state index < -0.39 is 0 Å². The summed E-state index contributed by atoms with van der Waals surface area (Å²) in [6, 6.07) is 0.591. The third-order valence-electron chi connectivity index (χ3n) is 4.12. The van der Waals surface area contributed by atoms with E-state index in [1.165, 1.54) is 25.7 Å². The molecule has 1 saturated carbocycles. The first kappa shape index (κ1) is 10.4. The van der Waals surface area contributed by atoms with Crippen LogP contribution in [0.3, 0.4) is 0 Å². The Morgan fingerprint density at radius 2 is 2.25 bits per heavy atom. The number of fused-ring (bicyclic) bond motifs is 2. The second kappa shape index (κ2) is 3.62. The maximum Gasteiger partial charge on any atom is 0.188 e. The van der Waals surface area contributed by atoms with Crippen LogP contribution in [0.5, 0.6) is 0 Å². The molecule has 16 heavy (non-hydrogen) atoms. The van der Waals surface area contributed by atoms with Gasteiger partial charge in [-0.3, -0.25) is 4.99 Å². The van der Waals surface area contributed by atoms with E-state index in [0.29, 0.717) is 24.2 Å². The Kier molecular flexibility index (Phi) is 2.35. The first-order chi connectivity index (χ1) is 7.66. The zero-order valence-corrected chi connectivity index (χ0v) is 9.91. The summed E-state index contributed by atoms with van der Waals surface area (Å²) < 4.78 is 5.88. The Labute approximate surface area is 96.6 Å². The van der Waals surface area contributed by atoms with Crippen LogP contribution in [0.25, 0.3) is 0 Å². The predicted octanol–water partition coefficient (Wildman–Crippen LogP) is 1.01. The molecule has 0 radical (unpaired) electrons. The van der Waals surface area contributed by atoms with Gasteiger partial charge >= 0.3 is 0 Å². The molecule has 0 aromatic rings. The van der Waals surface area contributed by atoms with E-state index in [9.17, 15) is 0 Å². The van der Waals surface area contributed by atoms with Crippen molar-refractivity contribution < 1.29 is 4.74 Å². The van der Waals surface area contributed by atoms with Gasteiger partial charge in [-0.05, 0) is 32.1 Å². The highest BCUT2D eigenvalue weighted by molar-refractivity contribution is 5.78. The molecule has 0 spiro atoms. The second-order valence-electron chi connectivity index (χ2n) is 5.80. The zero-order valence-electron chi connectivity index (χ0n) is 9.91. The molecule has 3 N–H and O–H groups in total. The molecule has 1 aliphatic carbocycles. The van der Waals surface area contributed by atoms with E-state index in [1.807, 2.05) is 0 Å². The second-order valence-corrected chi connectivity index (χ2v) is 5.80. The number of nitrogens with zero attached hydrogens (tertiary/aromatic N) is 1. The number of hydrogen-bond donors (Lipinski definition) is 2. The molecule has 2 aliphatic heterocycles. The van der Waals surface area contributed by atoms with Crippen molar-refractivity contribution in [2.45, 2.75) is 57.3 Å². The van der Waals surface area contributed by atoms with E-state index in [0.717, 1.165) is 13.0 Å². The van der Waals surface area contributed by atoms with Gasteiger partial charge < -0.3 is 15.8 Å². The molecule has 0 aromatic carbocycles. The normalized spacial score (nSPS) is 42.7. The fourth-order valence-electron chi connectivity index (χ4n) is 2.93. The van der Waals surface area contributed by atoms with Gasteiger partial charge in [0.25, 0.3) is 0 Å². The van der Waals surface area contributed by atoms with Crippen LogP contribution in [-0.4, -0.2) is 30.8 Å².